The normalized spacial score (nSPS) is 31.9. The van der Waals surface area contributed by atoms with E-state index >= 15 is 0 Å². The van der Waals surface area contributed by atoms with Crippen molar-refractivity contribution in [2.75, 3.05) is 6.54 Å². The van der Waals surface area contributed by atoms with Crippen molar-refractivity contribution in [1.82, 2.24) is 5.32 Å². The number of nitrogens with two attached hydrogens (primary N) is 1. The summed E-state index contributed by atoms with van der Waals surface area (Å²) in [6, 6.07) is 0.115. The number of hydrogen-bond donors (Lipinski definition) is 2. The average Bonchev–Trinajstić information content (AvgIpc) is 3.11. The minimum absolute atomic E-state index is 0.115. The molecule has 0 saturated heterocycles. The monoisotopic (exact) mass is 252 g/mol. The van der Waals surface area contributed by atoms with E-state index in [0.29, 0.717) is 30.2 Å². The molecule has 3 heteroatoms. The maximum atomic E-state index is 12.1. The van der Waals surface area contributed by atoms with Crippen molar-refractivity contribution in [3.8, 4) is 0 Å². The minimum atomic E-state index is 0.115. The van der Waals surface area contributed by atoms with Gasteiger partial charge in [0.05, 0.1) is 0 Å². The predicted molar refractivity (Wildman–Crippen MR) is 74.0 cm³/mol. The van der Waals surface area contributed by atoms with Crippen molar-refractivity contribution in [1.29, 1.82) is 0 Å². The lowest BCUT2D eigenvalue weighted by Crippen LogP contribution is -2.42. The Bertz CT molecular complexity index is 276. The number of hydrogen-bond acceptors (Lipinski definition) is 2. The van der Waals surface area contributed by atoms with Gasteiger partial charge in [-0.3, -0.25) is 4.79 Å². The summed E-state index contributed by atoms with van der Waals surface area (Å²) in [7, 11) is 0. The first kappa shape index (κ1) is 13.9. The third-order valence-electron chi connectivity index (χ3n) is 5.13. The van der Waals surface area contributed by atoms with E-state index in [1.165, 1.54) is 25.7 Å². The molecule has 2 aliphatic carbocycles. The standard InChI is InChI=1S/C15H28N2O/c1-3-10(4-2)13(16)9-17-15(18)14-11-7-5-6-8-12(11)14/h10-14H,3-9,16H2,1-2H3,(H,17,18). The molecule has 3 N–H and O–H groups in total. The van der Waals surface area contributed by atoms with E-state index in [-0.39, 0.29) is 11.9 Å². The number of carbonyl (C=O) groups excluding carboxylic acids is 1. The Labute approximate surface area is 111 Å². The lowest BCUT2D eigenvalue weighted by Gasteiger charge is -2.21. The highest BCUT2D eigenvalue weighted by atomic mass is 16.2. The molecule has 0 aromatic heterocycles. The van der Waals surface area contributed by atoms with Crippen LogP contribution < -0.4 is 11.1 Å². The highest BCUT2D eigenvalue weighted by Crippen LogP contribution is 2.55. The quantitative estimate of drug-likeness (QED) is 0.762. The van der Waals surface area contributed by atoms with Gasteiger partial charge in [-0.05, 0) is 30.6 Å². The SMILES string of the molecule is CCC(CC)C(N)CNC(=O)C1C2CCCCC21. The molecular formula is C15H28N2O. The van der Waals surface area contributed by atoms with Crippen molar-refractivity contribution in [3.63, 3.8) is 0 Å². The maximum absolute atomic E-state index is 12.1. The number of carbonyl (C=O) groups is 1. The van der Waals surface area contributed by atoms with Gasteiger partial charge in [-0.1, -0.05) is 39.5 Å². The predicted octanol–water partition coefficient (Wildman–Crippen LogP) is 2.30. The maximum Gasteiger partial charge on any atom is 0.223 e. The van der Waals surface area contributed by atoms with Gasteiger partial charge in [0.1, 0.15) is 0 Å². The van der Waals surface area contributed by atoms with E-state index in [0.717, 1.165) is 12.8 Å². The second-order valence-corrected chi connectivity index (χ2v) is 6.12. The number of amides is 1. The summed E-state index contributed by atoms with van der Waals surface area (Å²) in [5.74, 6) is 2.52. The third-order valence-corrected chi connectivity index (χ3v) is 5.13. The van der Waals surface area contributed by atoms with E-state index < -0.39 is 0 Å². The molecule has 3 nitrogen and oxygen atoms in total. The molecule has 1 amide bonds. The molecule has 18 heavy (non-hydrogen) atoms. The van der Waals surface area contributed by atoms with Crippen molar-refractivity contribution < 1.29 is 4.79 Å². The topological polar surface area (TPSA) is 55.1 Å². The number of rotatable bonds is 6. The molecule has 0 aliphatic heterocycles. The van der Waals surface area contributed by atoms with Gasteiger partial charge in [0.2, 0.25) is 5.91 Å². The lowest BCUT2D eigenvalue weighted by molar-refractivity contribution is -0.123. The summed E-state index contributed by atoms with van der Waals surface area (Å²) in [5, 5.41) is 3.09. The van der Waals surface area contributed by atoms with E-state index in [2.05, 4.69) is 19.2 Å². The summed E-state index contributed by atoms with van der Waals surface area (Å²) in [5.41, 5.74) is 6.14. The summed E-state index contributed by atoms with van der Waals surface area (Å²) < 4.78 is 0. The van der Waals surface area contributed by atoms with Crippen LogP contribution in [0, 0.1) is 23.7 Å². The molecule has 0 spiro atoms. The Hall–Kier alpha value is -0.570. The summed E-state index contributed by atoms with van der Waals surface area (Å²) in [6.07, 6.45) is 7.36. The van der Waals surface area contributed by atoms with Crippen LogP contribution in [0.25, 0.3) is 0 Å². The lowest BCUT2D eigenvalue weighted by atomic mass is 9.95. The van der Waals surface area contributed by atoms with Gasteiger partial charge in [-0.15, -0.1) is 0 Å². The molecule has 104 valence electrons. The fraction of sp³-hybridized carbons (Fsp3) is 0.933. The second kappa shape index (κ2) is 6.05. The van der Waals surface area contributed by atoms with Gasteiger partial charge in [0.25, 0.3) is 0 Å². The largest absolute Gasteiger partial charge is 0.354 e. The summed E-state index contributed by atoms with van der Waals surface area (Å²) in [6.45, 7) is 5.00. The van der Waals surface area contributed by atoms with Gasteiger partial charge in [0, 0.05) is 18.5 Å². The zero-order valence-electron chi connectivity index (χ0n) is 11.8. The molecule has 0 radical (unpaired) electrons. The van der Waals surface area contributed by atoms with Gasteiger partial charge in [-0.25, -0.2) is 0 Å². The van der Waals surface area contributed by atoms with Crippen molar-refractivity contribution in [2.24, 2.45) is 29.4 Å². The smallest absolute Gasteiger partial charge is 0.223 e. The molecule has 3 atom stereocenters. The Morgan fingerprint density at radius 1 is 1.22 bits per heavy atom. The van der Waals surface area contributed by atoms with Crippen molar-refractivity contribution >= 4 is 5.91 Å². The first-order chi connectivity index (χ1) is 8.69. The molecular weight excluding hydrogens is 224 g/mol. The fourth-order valence-electron chi connectivity index (χ4n) is 3.78. The Kier molecular flexibility index (Phi) is 4.66. The van der Waals surface area contributed by atoms with E-state index in [4.69, 9.17) is 5.73 Å². The van der Waals surface area contributed by atoms with Crippen LogP contribution in [-0.4, -0.2) is 18.5 Å². The van der Waals surface area contributed by atoms with Gasteiger partial charge < -0.3 is 11.1 Å². The third kappa shape index (κ3) is 2.87. The van der Waals surface area contributed by atoms with Crippen LogP contribution in [-0.2, 0) is 4.79 Å². The number of nitrogens with one attached hydrogen (secondary N) is 1. The van der Waals surface area contributed by atoms with Crippen molar-refractivity contribution in [2.45, 2.75) is 58.4 Å². The van der Waals surface area contributed by atoms with E-state index in [1.54, 1.807) is 0 Å². The van der Waals surface area contributed by atoms with Gasteiger partial charge in [0.15, 0.2) is 0 Å². The first-order valence-electron chi connectivity index (χ1n) is 7.72. The molecule has 0 heterocycles. The summed E-state index contributed by atoms with van der Waals surface area (Å²) in [4.78, 5) is 12.1. The Morgan fingerprint density at radius 2 is 1.78 bits per heavy atom. The molecule has 0 aromatic rings. The van der Waals surface area contributed by atoms with E-state index in [1.807, 2.05) is 0 Å². The van der Waals surface area contributed by atoms with Crippen LogP contribution in [0.15, 0.2) is 0 Å². The van der Waals surface area contributed by atoms with Gasteiger partial charge in [-0.2, -0.15) is 0 Å². The van der Waals surface area contributed by atoms with Crippen LogP contribution in [0.5, 0.6) is 0 Å². The first-order valence-corrected chi connectivity index (χ1v) is 7.72. The highest BCUT2D eigenvalue weighted by Gasteiger charge is 2.54. The zero-order valence-corrected chi connectivity index (χ0v) is 11.8. The molecule has 0 bridgehead atoms. The van der Waals surface area contributed by atoms with Gasteiger partial charge >= 0.3 is 0 Å². The Morgan fingerprint density at radius 3 is 2.28 bits per heavy atom. The molecule has 2 saturated carbocycles. The number of fused-ring (bicyclic) bond motifs is 1. The van der Waals surface area contributed by atoms with Crippen LogP contribution in [0.1, 0.15) is 52.4 Å². The van der Waals surface area contributed by atoms with Crippen LogP contribution in [0.4, 0.5) is 0 Å². The molecule has 0 aromatic carbocycles. The van der Waals surface area contributed by atoms with Crippen LogP contribution in [0.2, 0.25) is 0 Å². The van der Waals surface area contributed by atoms with Crippen LogP contribution >= 0.6 is 0 Å². The summed E-state index contributed by atoms with van der Waals surface area (Å²) >= 11 is 0. The zero-order chi connectivity index (χ0) is 13.1. The molecule has 3 unspecified atom stereocenters. The van der Waals surface area contributed by atoms with Crippen LogP contribution in [0.3, 0.4) is 0 Å². The molecule has 2 fully saturated rings. The van der Waals surface area contributed by atoms with Crippen molar-refractivity contribution in [3.05, 3.63) is 0 Å². The molecule has 2 aliphatic rings. The Balaban J connectivity index is 1.72. The fourth-order valence-corrected chi connectivity index (χ4v) is 3.78. The highest BCUT2D eigenvalue weighted by molar-refractivity contribution is 5.82. The second-order valence-electron chi connectivity index (χ2n) is 6.12. The minimum Gasteiger partial charge on any atom is -0.354 e. The molecule has 2 rings (SSSR count). The van der Waals surface area contributed by atoms with E-state index in [9.17, 15) is 4.79 Å². The average molecular weight is 252 g/mol.